The van der Waals surface area contributed by atoms with E-state index in [0.29, 0.717) is 0 Å². The Hall–Kier alpha value is -1.36. The third-order valence-electron chi connectivity index (χ3n) is 2.54. The topological polar surface area (TPSA) is 72.5 Å². The number of benzene rings is 1. The van der Waals surface area contributed by atoms with Crippen molar-refractivity contribution in [1.82, 2.24) is 0 Å². The molecule has 1 aliphatic carbocycles. The van der Waals surface area contributed by atoms with Crippen LogP contribution < -0.4 is 5.73 Å². The van der Waals surface area contributed by atoms with Gasteiger partial charge in [-0.1, -0.05) is 17.7 Å². The lowest BCUT2D eigenvalue weighted by atomic mass is 10.2. The predicted octanol–water partition coefficient (Wildman–Crippen LogP) is 1.45. The maximum absolute atomic E-state index is 11.8. The molecule has 16 heavy (non-hydrogen) atoms. The second kappa shape index (κ2) is 3.90. The molecule has 1 saturated carbocycles. The summed E-state index contributed by atoms with van der Waals surface area (Å²) in [5, 5.41) is 0. The van der Waals surface area contributed by atoms with Crippen LogP contribution in [-0.4, -0.2) is 14.3 Å². The standard InChI is InChI=1S/C11H14N2O2S/c1-8-2-6-10(7-3-8)16(14,15)13-11(12)9-4-5-9/h2-3,6-7,9H,4-5H2,1H3,(H2,12,13). The molecule has 2 N–H and O–H groups in total. The van der Waals surface area contributed by atoms with Gasteiger partial charge in [-0.2, -0.15) is 8.42 Å². The molecule has 2 rings (SSSR count). The largest absolute Gasteiger partial charge is 0.386 e. The molecule has 0 spiro atoms. The van der Waals surface area contributed by atoms with Crippen molar-refractivity contribution in [2.24, 2.45) is 16.0 Å². The van der Waals surface area contributed by atoms with E-state index in [1.807, 2.05) is 6.92 Å². The minimum absolute atomic E-state index is 0.167. The zero-order valence-electron chi connectivity index (χ0n) is 9.05. The average Bonchev–Trinajstić information content (AvgIpc) is 3.00. The van der Waals surface area contributed by atoms with Gasteiger partial charge < -0.3 is 5.73 Å². The minimum atomic E-state index is -3.62. The van der Waals surface area contributed by atoms with Crippen molar-refractivity contribution in [2.45, 2.75) is 24.7 Å². The number of rotatable bonds is 3. The summed E-state index contributed by atoms with van der Waals surface area (Å²) in [5.41, 5.74) is 6.62. The quantitative estimate of drug-likeness (QED) is 0.640. The van der Waals surface area contributed by atoms with Crippen molar-refractivity contribution >= 4 is 15.9 Å². The number of nitrogens with zero attached hydrogens (tertiary/aromatic N) is 1. The molecule has 1 aromatic carbocycles. The minimum Gasteiger partial charge on any atom is -0.386 e. The Kier molecular flexibility index (Phi) is 2.71. The molecule has 0 radical (unpaired) electrons. The van der Waals surface area contributed by atoms with Crippen molar-refractivity contribution < 1.29 is 8.42 Å². The summed E-state index contributed by atoms with van der Waals surface area (Å²) in [6, 6.07) is 6.59. The van der Waals surface area contributed by atoms with Crippen LogP contribution in [0, 0.1) is 12.8 Å². The highest BCUT2D eigenvalue weighted by Crippen LogP contribution is 2.29. The Morgan fingerprint density at radius 3 is 2.38 bits per heavy atom. The van der Waals surface area contributed by atoms with Gasteiger partial charge in [-0.15, -0.1) is 4.40 Å². The van der Waals surface area contributed by atoms with Crippen LogP contribution in [0.1, 0.15) is 18.4 Å². The molecule has 1 aromatic rings. The van der Waals surface area contributed by atoms with Crippen molar-refractivity contribution in [3.8, 4) is 0 Å². The molecular formula is C11H14N2O2S. The molecule has 5 heteroatoms. The predicted molar refractivity (Wildman–Crippen MR) is 62.7 cm³/mol. The average molecular weight is 238 g/mol. The van der Waals surface area contributed by atoms with Gasteiger partial charge in [-0.25, -0.2) is 0 Å². The van der Waals surface area contributed by atoms with Gasteiger partial charge >= 0.3 is 0 Å². The van der Waals surface area contributed by atoms with Crippen LogP contribution in [0.4, 0.5) is 0 Å². The molecule has 0 heterocycles. The SMILES string of the molecule is Cc1ccc(S(=O)(=O)N=C(N)C2CC2)cc1. The first kappa shape index (κ1) is 11.1. The van der Waals surface area contributed by atoms with E-state index >= 15 is 0 Å². The number of nitrogens with two attached hydrogens (primary N) is 1. The molecule has 4 nitrogen and oxygen atoms in total. The van der Waals surface area contributed by atoms with E-state index < -0.39 is 10.0 Å². The Labute approximate surface area is 95.2 Å². The summed E-state index contributed by atoms with van der Waals surface area (Å²) in [7, 11) is -3.62. The van der Waals surface area contributed by atoms with Crippen LogP contribution in [0.15, 0.2) is 33.6 Å². The Morgan fingerprint density at radius 1 is 1.31 bits per heavy atom. The van der Waals surface area contributed by atoms with E-state index in [-0.39, 0.29) is 16.6 Å². The summed E-state index contributed by atoms with van der Waals surface area (Å²) in [4.78, 5) is 0.196. The van der Waals surface area contributed by atoms with E-state index in [1.54, 1.807) is 24.3 Å². The molecule has 1 aliphatic rings. The van der Waals surface area contributed by atoms with E-state index in [4.69, 9.17) is 5.73 Å². The summed E-state index contributed by atoms with van der Waals surface area (Å²) in [6.07, 6.45) is 1.89. The lowest BCUT2D eigenvalue weighted by Gasteiger charge is -2.01. The Balaban J connectivity index is 2.31. The smallest absolute Gasteiger partial charge is 0.283 e. The molecule has 0 atom stereocenters. The fraction of sp³-hybridized carbons (Fsp3) is 0.364. The molecule has 1 fully saturated rings. The number of amidine groups is 1. The van der Waals surface area contributed by atoms with Crippen molar-refractivity contribution in [3.05, 3.63) is 29.8 Å². The van der Waals surface area contributed by atoms with Crippen molar-refractivity contribution in [1.29, 1.82) is 0 Å². The molecule has 0 saturated heterocycles. The monoisotopic (exact) mass is 238 g/mol. The molecule has 0 amide bonds. The van der Waals surface area contributed by atoms with E-state index in [2.05, 4.69) is 4.40 Å². The van der Waals surface area contributed by atoms with Gasteiger partial charge in [-0.05, 0) is 31.9 Å². The summed E-state index contributed by atoms with van der Waals surface area (Å²) in [5.74, 6) is 0.404. The first-order valence-electron chi connectivity index (χ1n) is 5.16. The Morgan fingerprint density at radius 2 is 1.88 bits per heavy atom. The summed E-state index contributed by atoms with van der Waals surface area (Å²) >= 11 is 0. The van der Waals surface area contributed by atoms with Crippen LogP contribution in [0.3, 0.4) is 0 Å². The lowest BCUT2D eigenvalue weighted by molar-refractivity contribution is 0.597. The fourth-order valence-corrected chi connectivity index (χ4v) is 2.37. The van der Waals surface area contributed by atoms with Crippen LogP contribution in [0.2, 0.25) is 0 Å². The molecule has 0 unspecified atom stereocenters. The van der Waals surface area contributed by atoms with Crippen LogP contribution >= 0.6 is 0 Å². The van der Waals surface area contributed by atoms with Crippen LogP contribution in [0.25, 0.3) is 0 Å². The first-order chi connectivity index (χ1) is 7.49. The van der Waals surface area contributed by atoms with Crippen LogP contribution in [0.5, 0.6) is 0 Å². The highest BCUT2D eigenvalue weighted by Gasteiger charge is 2.27. The number of aryl methyl sites for hydroxylation is 1. The second-order valence-corrected chi connectivity index (χ2v) is 5.68. The maximum atomic E-state index is 11.8. The first-order valence-corrected chi connectivity index (χ1v) is 6.60. The summed E-state index contributed by atoms with van der Waals surface area (Å²) in [6.45, 7) is 1.90. The van der Waals surface area contributed by atoms with Crippen LogP contribution in [-0.2, 0) is 10.0 Å². The lowest BCUT2D eigenvalue weighted by Crippen LogP contribution is -2.16. The van der Waals surface area contributed by atoms with Gasteiger partial charge in [0.25, 0.3) is 10.0 Å². The molecule has 86 valence electrons. The zero-order chi connectivity index (χ0) is 11.8. The zero-order valence-corrected chi connectivity index (χ0v) is 9.87. The van der Waals surface area contributed by atoms with Gasteiger partial charge in [0.15, 0.2) is 0 Å². The Bertz CT molecular complexity index is 513. The number of sulfonamides is 1. The van der Waals surface area contributed by atoms with E-state index in [0.717, 1.165) is 18.4 Å². The third-order valence-corrected chi connectivity index (χ3v) is 3.86. The van der Waals surface area contributed by atoms with Gasteiger partial charge in [0, 0.05) is 5.92 Å². The van der Waals surface area contributed by atoms with E-state index in [1.165, 1.54) is 0 Å². The van der Waals surface area contributed by atoms with Gasteiger partial charge in [-0.3, -0.25) is 0 Å². The van der Waals surface area contributed by atoms with Crippen molar-refractivity contribution in [2.75, 3.05) is 0 Å². The molecule has 0 bridgehead atoms. The van der Waals surface area contributed by atoms with Gasteiger partial charge in [0.2, 0.25) is 0 Å². The van der Waals surface area contributed by atoms with Gasteiger partial charge in [0.05, 0.1) is 4.90 Å². The highest BCUT2D eigenvalue weighted by atomic mass is 32.2. The normalized spacial score (nSPS) is 17.4. The van der Waals surface area contributed by atoms with Gasteiger partial charge in [0.1, 0.15) is 5.84 Å². The number of hydrogen-bond acceptors (Lipinski definition) is 2. The molecule has 0 aliphatic heterocycles. The van der Waals surface area contributed by atoms with E-state index in [9.17, 15) is 8.42 Å². The highest BCUT2D eigenvalue weighted by molar-refractivity contribution is 7.90. The molecule has 0 aromatic heterocycles. The fourth-order valence-electron chi connectivity index (χ4n) is 1.36. The second-order valence-electron chi connectivity index (χ2n) is 4.08. The third kappa shape index (κ3) is 2.41. The summed E-state index contributed by atoms with van der Waals surface area (Å²) < 4.78 is 27.3. The van der Waals surface area contributed by atoms with Crippen molar-refractivity contribution in [3.63, 3.8) is 0 Å². The number of hydrogen-bond donors (Lipinski definition) is 1. The molecular weight excluding hydrogens is 224 g/mol. The maximum Gasteiger partial charge on any atom is 0.283 e.